The number of sulfonamides is 1. The molecular formula is C12H17Cl2NO3S. The molecule has 0 bridgehead atoms. The molecule has 1 rings (SSSR count). The molecule has 0 aliphatic carbocycles. The summed E-state index contributed by atoms with van der Waals surface area (Å²) in [7, 11) is -3.76. The van der Waals surface area contributed by atoms with Crippen molar-refractivity contribution in [3.63, 3.8) is 0 Å². The number of rotatable bonds is 6. The van der Waals surface area contributed by atoms with E-state index in [0.29, 0.717) is 6.42 Å². The zero-order chi connectivity index (χ0) is 14.6. The molecule has 0 aliphatic rings. The van der Waals surface area contributed by atoms with Gasteiger partial charge in [0.2, 0.25) is 10.0 Å². The Kier molecular flexibility index (Phi) is 6.08. The Labute approximate surface area is 123 Å². The van der Waals surface area contributed by atoms with Crippen LogP contribution in [0.15, 0.2) is 23.1 Å². The van der Waals surface area contributed by atoms with Crippen LogP contribution in [0.25, 0.3) is 0 Å². The Morgan fingerprint density at radius 1 is 1.32 bits per heavy atom. The van der Waals surface area contributed by atoms with E-state index in [1.165, 1.54) is 18.2 Å². The average Bonchev–Trinajstić information content (AvgIpc) is 2.31. The molecule has 1 aromatic carbocycles. The fourth-order valence-corrected chi connectivity index (χ4v) is 3.80. The molecule has 0 heterocycles. The van der Waals surface area contributed by atoms with Gasteiger partial charge in [-0.3, -0.25) is 0 Å². The summed E-state index contributed by atoms with van der Waals surface area (Å²) < 4.78 is 27.1. The van der Waals surface area contributed by atoms with Crippen LogP contribution in [0.1, 0.15) is 20.3 Å². The lowest BCUT2D eigenvalue weighted by Crippen LogP contribution is -2.39. The van der Waals surface area contributed by atoms with Gasteiger partial charge in [0.1, 0.15) is 4.90 Å². The molecule has 108 valence electrons. The average molecular weight is 326 g/mol. The molecule has 0 spiro atoms. The fraction of sp³-hybridized carbons (Fsp3) is 0.500. The van der Waals surface area contributed by atoms with Crippen molar-refractivity contribution in [1.82, 2.24) is 4.72 Å². The monoisotopic (exact) mass is 325 g/mol. The second-order valence-corrected chi connectivity index (χ2v) is 7.00. The normalized spacial score (nSPS) is 13.8. The van der Waals surface area contributed by atoms with Crippen molar-refractivity contribution >= 4 is 33.2 Å². The molecule has 4 nitrogen and oxygen atoms in total. The molecule has 0 saturated heterocycles. The predicted molar refractivity (Wildman–Crippen MR) is 77.1 cm³/mol. The Hall–Kier alpha value is -0.330. The van der Waals surface area contributed by atoms with Crippen LogP contribution in [0.2, 0.25) is 10.0 Å². The van der Waals surface area contributed by atoms with Crippen LogP contribution >= 0.6 is 23.2 Å². The molecule has 0 aromatic heterocycles. The Morgan fingerprint density at radius 3 is 2.47 bits per heavy atom. The molecule has 0 fully saturated rings. The minimum atomic E-state index is -3.76. The number of hydrogen-bond donors (Lipinski definition) is 2. The van der Waals surface area contributed by atoms with Gasteiger partial charge in [-0.1, -0.05) is 43.1 Å². The van der Waals surface area contributed by atoms with Gasteiger partial charge in [0.15, 0.2) is 0 Å². The van der Waals surface area contributed by atoms with Crippen LogP contribution in [0.5, 0.6) is 0 Å². The Morgan fingerprint density at radius 2 is 1.95 bits per heavy atom. The van der Waals surface area contributed by atoms with Crippen molar-refractivity contribution in [2.24, 2.45) is 5.92 Å². The van der Waals surface area contributed by atoms with E-state index in [-0.39, 0.29) is 33.5 Å². The van der Waals surface area contributed by atoms with Crippen LogP contribution < -0.4 is 4.72 Å². The van der Waals surface area contributed by atoms with Gasteiger partial charge < -0.3 is 5.11 Å². The van der Waals surface area contributed by atoms with Gasteiger partial charge in [0, 0.05) is 12.6 Å². The van der Waals surface area contributed by atoms with E-state index < -0.39 is 10.0 Å². The number of aliphatic hydroxyl groups excluding tert-OH is 1. The van der Waals surface area contributed by atoms with Gasteiger partial charge in [-0.2, -0.15) is 0 Å². The summed E-state index contributed by atoms with van der Waals surface area (Å²) in [4.78, 5) is -0.0507. The summed E-state index contributed by atoms with van der Waals surface area (Å²) in [6, 6.07) is 4.09. The van der Waals surface area contributed by atoms with Crippen molar-refractivity contribution < 1.29 is 13.5 Å². The van der Waals surface area contributed by atoms with Crippen molar-refractivity contribution in [3.8, 4) is 0 Å². The zero-order valence-electron chi connectivity index (χ0n) is 10.7. The lowest BCUT2D eigenvalue weighted by atomic mass is 10.0. The first-order valence-corrected chi connectivity index (χ1v) is 8.10. The smallest absolute Gasteiger partial charge is 0.242 e. The minimum absolute atomic E-state index is 0.00294. The van der Waals surface area contributed by atoms with E-state index in [0.717, 1.165) is 0 Å². The van der Waals surface area contributed by atoms with Crippen molar-refractivity contribution in [2.45, 2.75) is 31.2 Å². The highest BCUT2D eigenvalue weighted by atomic mass is 35.5. The van der Waals surface area contributed by atoms with E-state index in [9.17, 15) is 8.42 Å². The van der Waals surface area contributed by atoms with Gasteiger partial charge in [0.05, 0.1) is 10.0 Å². The number of benzene rings is 1. The molecule has 0 radical (unpaired) electrons. The fourth-order valence-electron chi connectivity index (χ4n) is 1.62. The van der Waals surface area contributed by atoms with E-state index in [1.54, 1.807) is 0 Å². The first-order valence-electron chi connectivity index (χ1n) is 5.86. The topological polar surface area (TPSA) is 66.4 Å². The maximum absolute atomic E-state index is 12.3. The third-order valence-corrected chi connectivity index (χ3v) is 5.22. The second kappa shape index (κ2) is 6.90. The van der Waals surface area contributed by atoms with E-state index in [4.69, 9.17) is 28.3 Å². The summed E-state index contributed by atoms with van der Waals surface area (Å²) >= 11 is 11.7. The molecule has 0 saturated carbocycles. The first kappa shape index (κ1) is 16.7. The highest BCUT2D eigenvalue weighted by molar-refractivity contribution is 7.89. The van der Waals surface area contributed by atoms with Gasteiger partial charge in [-0.25, -0.2) is 13.1 Å². The zero-order valence-corrected chi connectivity index (χ0v) is 13.1. The van der Waals surface area contributed by atoms with Gasteiger partial charge >= 0.3 is 0 Å². The van der Waals surface area contributed by atoms with Gasteiger partial charge in [-0.15, -0.1) is 0 Å². The first-order chi connectivity index (χ1) is 8.79. The summed E-state index contributed by atoms with van der Waals surface area (Å²) in [5.74, 6) is 0.0554. The van der Waals surface area contributed by atoms with Crippen LogP contribution in [-0.4, -0.2) is 26.2 Å². The Bertz CT molecular complexity index is 532. The lowest BCUT2D eigenvalue weighted by Gasteiger charge is -2.21. The molecule has 2 N–H and O–H groups in total. The van der Waals surface area contributed by atoms with E-state index >= 15 is 0 Å². The van der Waals surface area contributed by atoms with Crippen LogP contribution in [-0.2, 0) is 10.0 Å². The van der Waals surface area contributed by atoms with Crippen molar-refractivity contribution in [1.29, 1.82) is 0 Å². The third kappa shape index (κ3) is 4.33. The highest BCUT2D eigenvalue weighted by Gasteiger charge is 2.24. The quantitative estimate of drug-likeness (QED) is 0.845. The number of aliphatic hydroxyl groups is 1. The maximum Gasteiger partial charge on any atom is 0.242 e. The number of hydrogen-bond acceptors (Lipinski definition) is 3. The third-order valence-electron chi connectivity index (χ3n) is 2.76. The molecular weight excluding hydrogens is 309 g/mol. The minimum Gasteiger partial charge on any atom is -0.396 e. The number of halogens is 2. The SMILES string of the molecule is CC(C)C(CCO)NS(=O)(=O)c1cccc(Cl)c1Cl. The van der Waals surface area contributed by atoms with Crippen molar-refractivity contribution in [3.05, 3.63) is 28.2 Å². The van der Waals surface area contributed by atoms with Crippen LogP contribution in [0, 0.1) is 5.92 Å². The van der Waals surface area contributed by atoms with Crippen LogP contribution in [0.4, 0.5) is 0 Å². The summed E-state index contributed by atoms with van der Waals surface area (Å²) in [5, 5.41) is 9.16. The molecule has 1 aromatic rings. The van der Waals surface area contributed by atoms with E-state index in [1.807, 2.05) is 13.8 Å². The molecule has 0 amide bonds. The number of nitrogens with one attached hydrogen (secondary N) is 1. The summed E-state index contributed by atoms with van der Waals surface area (Å²) in [6.07, 6.45) is 0.342. The standard InChI is InChI=1S/C12H17Cl2NO3S/c1-8(2)10(6-7-16)15-19(17,18)11-5-3-4-9(13)12(11)14/h3-5,8,10,15-16H,6-7H2,1-2H3. The maximum atomic E-state index is 12.3. The van der Waals surface area contributed by atoms with Gasteiger partial charge in [-0.05, 0) is 24.5 Å². The molecule has 0 aliphatic heterocycles. The highest BCUT2D eigenvalue weighted by Crippen LogP contribution is 2.29. The van der Waals surface area contributed by atoms with Crippen molar-refractivity contribution in [2.75, 3.05) is 6.61 Å². The largest absolute Gasteiger partial charge is 0.396 e. The molecule has 7 heteroatoms. The molecule has 1 unspecified atom stereocenters. The second-order valence-electron chi connectivity index (χ2n) is 4.54. The van der Waals surface area contributed by atoms with Gasteiger partial charge in [0.25, 0.3) is 0 Å². The lowest BCUT2D eigenvalue weighted by molar-refractivity contribution is 0.256. The predicted octanol–water partition coefficient (Wildman–Crippen LogP) is 2.68. The summed E-state index contributed by atoms with van der Waals surface area (Å²) in [6.45, 7) is 3.67. The molecule has 1 atom stereocenters. The Balaban J connectivity index is 3.07. The van der Waals surface area contributed by atoms with E-state index in [2.05, 4.69) is 4.72 Å². The summed E-state index contributed by atoms with van der Waals surface area (Å²) in [5.41, 5.74) is 0. The van der Waals surface area contributed by atoms with Crippen LogP contribution in [0.3, 0.4) is 0 Å². The molecule has 19 heavy (non-hydrogen) atoms.